The fourth-order valence-corrected chi connectivity index (χ4v) is 3.46. The highest BCUT2D eigenvalue weighted by atomic mass is 15.3. The molecular formula is C16H30N4. The number of rotatable bonds is 7. The third-order valence-electron chi connectivity index (χ3n) is 5.12. The molecular weight excluding hydrogens is 248 g/mol. The highest BCUT2D eigenvalue weighted by Crippen LogP contribution is 2.40. The number of aryl methyl sites for hydroxylation is 1. The number of nitrogens with zero attached hydrogens (tertiary/aromatic N) is 3. The van der Waals surface area contributed by atoms with E-state index in [-0.39, 0.29) is 0 Å². The van der Waals surface area contributed by atoms with Gasteiger partial charge >= 0.3 is 0 Å². The van der Waals surface area contributed by atoms with E-state index in [9.17, 15) is 0 Å². The molecule has 1 aliphatic heterocycles. The molecule has 2 N–H and O–H groups in total. The highest BCUT2D eigenvalue weighted by molar-refractivity contribution is 5.12. The molecule has 0 aliphatic carbocycles. The Kier molecular flexibility index (Phi) is 5.22. The summed E-state index contributed by atoms with van der Waals surface area (Å²) in [5.74, 6) is 0. The molecule has 0 aromatic carbocycles. The van der Waals surface area contributed by atoms with Crippen LogP contribution < -0.4 is 5.73 Å². The smallest absolute Gasteiger partial charge is 0.0538 e. The first-order valence-electron chi connectivity index (χ1n) is 8.14. The number of hydrogen-bond acceptors (Lipinski definition) is 3. The van der Waals surface area contributed by atoms with Crippen LogP contribution in [-0.4, -0.2) is 34.3 Å². The summed E-state index contributed by atoms with van der Waals surface area (Å²) in [4.78, 5) is 2.57. The molecule has 1 aliphatic rings. The number of aromatic nitrogens is 2. The molecule has 1 saturated heterocycles. The molecule has 1 unspecified atom stereocenters. The number of nitrogens with two attached hydrogens (primary N) is 1. The van der Waals surface area contributed by atoms with E-state index in [1.807, 2.05) is 10.9 Å². The van der Waals surface area contributed by atoms with Crippen LogP contribution in [0.1, 0.15) is 58.1 Å². The van der Waals surface area contributed by atoms with Gasteiger partial charge < -0.3 is 5.73 Å². The Morgan fingerprint density at radius 2 is 2.10 bits per heavy atom. The molecule has 1 aromatic rings. The highest BCUT2D eigenvalue weighted by Gasteiger charge is 2.37. The van der Waals surface area contributed by atoms with Gasteiger partial charge in [-0.3, -0.25) is 9.58 Å². The van der Waals surface area contributed by atoms with E-state index in [0.717, 1.165) is 13.0 Å². The molecule has 2 heterocycles. The summed E-state index contributed by atoms with van der Waals surface area (Å²) in [5, 5.41) is 4.46. The lowest BCUT2D eigenvalue weighted by Gasteiger charge is -2.30. The van der Waals surface area contributed by atoms with E-state index in [0.29, 0.717) is 18.0 Å². The van der Waals surface area contributed by atoms with Crippen molar-refractivity contribution in [3.63, 3.8) is 0 Å². The van der Waals surface area contributed by atoms with E-state index in [4.69, 9.17) is 5.73 Å². The first-order valence-corrected chi connectivity index (χ1v) is 8.14. The normalized spacial score (nSPS) is 20.4. The van der Waals surface area contributed by atoms with Gasteiger partial charge in [-0.2, -0.15) is 5.10 Å². The van der Waals surface area contributed by atoms with Crippen molar-refractivity contribution < 1.29 is 0 Å². The third kappa shape index (κ3) is 3.07. The van der Waals surface area contributed by atoms with Gasteiger partial charge in [-0.15, -0.1) is 0 Å². The van der Waals surface area contributed by atoms with Crippen LogP contribution in [0.15, 0.2) is 12.4 Å². The fraction of sp³-hybridized carbons (Fsp3) is 0.812. The van der Waals surface area contributed by atoms with E-state index in [1.165, 1.54) is 37.9 Å². The molecule has 1 atom stereocenters. The summed E-state index contributed by atoms with van der Waals surface area (Å²) >= 11 is 0. The van der Waals surface area contributed by atoms with Crippen molar-refractivity contribution in [2.45, 2.75) is 59.0 Å². The second-order valence-electron chi connectivity index (χ2n) is 6.22. The lowest BCUT2D eigenvalue weighted by molar-refractivity contribution is 0.197. The van der Waals surface area contributed by atoms with E-state index < -0.39 is 0 Å². The van der Waals surface area contributed by atoms with Crippen molar-refractivity contribution >= 4 is 0 Å². The van der Waals surface area contributed by atoms with Gasteiger partial charge in [-0.05, 0) is 37.6 Å². The minimum atomic E-state index is 0.334. The second-order valence-corrected chi connectivity index (χ2v) is 6.22. The number of hydrogen-bond donors (Lipinski definition) is 1. The predicted octanol–water partition coefficient (Wildman–Crippen LogP) is 2.81. The van der Waals surface area contributed by atoms with Crippen molar-refractivity contribution in [1.29, 1.82) is 0 Å². The van der Waals surface area contributed by atoms with Gasteiger partial charge in [0.05, 0.1) is 12.2 Å². The zero-order valence-corrected chi connectivity index (χ0v) is 13.3. The van der Waals surface area contributed by atoms with Crippen LogP contribution in [0.3, 0.4) is 0 Å². The molecule has 0 bridgehead atoms. The Balaban J connectivity index is 2.08. The fourth-order valence-electron chi connectivity index (χ4n) is 3.46. The van der Waals surface area contributed by atoms with E-state index in [1.54, 1.807) is 0 Å². The summed E-state index contributed by atoms with van der Waals surface area (Å²) in [5.41, 5.74) is 7.85. The van der Waals surface area contributed by atoms with Gasteiger partial charge in [-0.25, -0.2) is 0 Å². The Labute approximate surface area is 123 Å². The number of likely N-dealkylation sites (tertiary alicyclic amines) is 1. The lowest BCUT2D eigenvalue weighted by Crippen LogP contribution is -2.34. The Morgan fingerprint density at radius 3 is 2.65 bits per heavy atom. The third-order valence-corrected chi connectivity index (χ3v) is 5.12. The van der Waals surface area contributed by atoms with Crippen molar-refractivity contribution in [3.05, 3.63) is 18.0 Å². The van der Waals surface area contributed by atoms with E-state index in [2.05, 4.69) is 37.0 Å². The maximum absolute atomic E-state index is 6.06. The first kappa shape index (κ1) is 15.5. The summed E-state index contributed by atoms with van der Waals surface area (Å²) < 4.78 is 2.04. The first-order chi connectivity index (χ1) is 9.68. The minimum Gasteiger partial charge on any atom is -0.329 e. The molecule has 0 radical (unpaired) electrons. The zero-order chi connectivity index (χ0) is 14.6. The van der Waals surface area contributed by atoms with Gasteiger partial charge in [0.2, 0.25) is 0 Å². The molecule has 20 heavy (non-hydrogen) atoms. The minimum absolute atomic E-state index is 0.334. The quantitative estimate of drug-likeness (QED) is 0.834. The molecule has 0 spiro atoms. The van der Waals surface area contributed by atoms with Gasteiger partial charge in [0.15, 0.2) is 0 Å². The molecule has 114 valence electrons. The molecule has 1 fully saturated rings. The van der Waals surface area contributed by atoms with Crippen molar-refractivity contribution in [2.24, 2.45) is 11.1 Å². The maximum atomic E-state index is 6.06. The zero-order valence-electron chi connectivity index (χ0n) is 13.3. The summed E-state index contributed by atoms with van der Waals surface area (Å²) in [6.45, 7) is 10.8. The Morgan fingerprint density at radius 1 is 1.35 bits per heavy atom. The Hall–Kier alpha value is -0.870. The van der Waals surface area contributed by atoms with Crippen LogP contribution in [0.5, 0.6) is 0 Å². The monoisotopic (exact) mass is 278 g/mol. The molecule has 4 heteroatoms. The predicted molar refractivity (Wildman–Crippen MR) is 83.5 cm³/mol. The molecule has 0 amide bonds. The summed E-state index contributed by atoms with van der Waals surface area (Å²) in [6.07, 6.45) is 9.15. The van der Waals surface area contributed by atoms with Gasteiger partial charge in [0.25, 0.3) is 0 Å². The van der Waals surface area contributed by atoms with Crippen LogP contribution in [0.25, 0.3) is 0 Å². The van der Waals surface area contributed by atoms with Crippen molar-refractivity contribution in [2.75, 3.05) is 19.6 Å². The largest absolute Gasteiger partial charge is 0.329 e. The summed E-state index contributed by atoms with van der Waals surface area (Å²) in [6, 6.07) is 0.334. The van der Waals surface area contributed by atoms with Crippen LogP contribution in [-0.2, 0) is 6.54 Å². The molecule has 4 nitrogen and oxygen atoms in total. The van der Waals surface area contributed by atoms with Crippen LogP contribution in [0, 0.1) is 5.41 Å². The van der Waals surface area contributed by atoms with Gasteiger partial charge in [0, 0.05) is 31.4 Å². The standard InChI is InChI=1S/C16H30N4/c1-4-8-20-12-14(11-18-20)15(10-17)19-9-7-16(5-2,6-3)13-19/h11-12,15H,4-10,13,17H2,1-3H3. The second kappa shape index (κ2) is 6.72. The van der Waals surface area contributed by atoms with Gasteiger partial charge in [0.1, 0.15) is 0 Å². The van der Waals surface area contributed by atoms with Crippen LogP contribution in [0.2, 0.25) is 0 Å². The average Bonchev–Trinajstić information content (AvgIpc) is 3.09. The molecule has 0 saturated carbocycles. The van der Waals surface area contributed by atoms with Gasteiger partial charge in [-0.1, -0.05) is 20.8 Å². The maximum Gasteiger partial charge on any atom is 0.0538 e. The SMILES string of the molecule is CCCn1cc(C(CN)N2CCC(CC)(CC)C2)cn1. The summed E-state index contributed by atoms with van der Waals surface area (Å²) in [7, 11) is 0. The van der Waals surface area contributed by atoms with E-state index >= 15 is 0 Å². The average molecular weight is 278 g/mol. The topological polar surface area (TPSA) is 47.1 Å². The van der Waals surface area contributed by atoms with Crippen molar-refractivity contribution in [1.82, 2.24) is 14.7 Å². The van der Waals surface area contributed by atoms with Crippen LogP contribution >= 0.6 is 0 Å². The Bertz CT molecular complexity index is 408. The van der Waals surface area contributed by atoms with Crippen molar-refractivity contribution in [3.8, 4) is 0 Å². The molecule has 2 rings (SSSR count). The molecule has 1 aromatic heterocycles. The van der Waals surface area contributed by atoms with Crippen LogP contribution in [0.4, 0.5) is 0 Å². The lowest BCUT2D eigenvalue weighted by atomic mass is 9.82.